The third-order valence-corrected chi connectivity index (χ3v) is 6.66. The number of rotatable bonds is 7. The molecule has 0 amide bonds. The van der Waals surface area contributed by atoms with Gasteiger partial charge < -0.3 is 9.47 Å². The molecular formula is C27H23BrF2O3. The SMILES string of the molecule is CC1(C)C(C=C(Br)c2ccccc2)C1C(=O)OCc1ccc(F)c(Oc2cccc(F)c2)c1. The average Bonchev–Trinajstić information content (AvgIpc) is 3.34. The van der Waals surface area contributed by atoms with Gasteiger partial charge in [-0.25, -0.2) is 8.78 Å². The summed E-state index contributed by atoms with van der Waals surface area (Å²) < 4.78 is 39.5. The lowest BCUT2D eigenvalue weighted by molar-refractivity contribution is -0.147. The van der Waals surface area contributed by atoms with Crippen LogP contribution in [0.4, 0.5) is 8.78 Å². The van der Waals surface area contributed by atoms with Gasteiger partial charge in [-0.2, -0.15) is 0 Å². The van der Waals surface area contributed by atoms with Crippen molar-refractivity contribution in [2.45, 2.75) is 20.5 Å². The van der Waals surface area contributed by atoms with Crippen molar-refractivity contribution < 1.29 is 23.0 Å². The van der Waals surface area contributed by atoms with Gasteiger partial charge in [0.2, 0.25) is 0 Å². The first-order chi connectivity index (χ1) is 15.8. The molecule has 4 rings (SSSR count). The first-order valence-corrected chi connectivity index (χ1v) is 11.4. The quantitative estimate of drug-likeness (QED) is 0.307. The molecule has 2 unspecified atom stereocenters. The van der Waals surface area contributed by atoms with Crippen LogP contribution in [0, 0.1) is 28.9 Å². The van der Waals surface area contributed by atoms with Crippen LogP contribution in [0.5, 0.6) is 11.5 Å². The molecule has 0 aromatic heterocycles. The first kappa shape index (κ1) is 23.2. The lowest BCUT2D eigenvalue weighted by Gasteiger charge is -2.10. The Morgan fingerprint density at radius 1 is 1.03 bits per heavy atom. The highest BCUT2D eigenvalue weighted by molar-refractivity contribution is 9.15. The van der Waals surface area contributed by atoms with E-state index in [0.29, 0.717) is 5.56 Å². The van der Waals surface area contributed by atoms with Crippen LogP contribution in [0.25, 0.3) is 4.48 Å². The van der Waals surface area contributed by atoms with Crippen LogP contribution in [-0.2, 0) is 16.1 Å². The molecule has 1 aliphatic rings. The highest BCUT2D eigenvalue weighted by atomic mass is 79.9. The van der Waals surface area contributed by atoms with Gasteiger partial charge in [0.25, 0.3) is 0 Å². The van der Waals surface area contributed by atoms with Gasteiger partial charge in [0.1, 0.15) is 18.2 Å². The summed E-state index contributed by atoms with van der Waals surface area (Å²) in [5.74, 6) is -1.47. The third kappa shape index (κ3) is 5.33. The first-order valence-electron chi connectivity index (χ1n) is 10.6. The summed E-state index contributed by atoms with van der Waals surface area (Å²) in [7, 11) is 0. The zero-order valence-corrected chi connectivity index (χ0v) is 19.8. The van der Waals surface area contributed by atoms with E-state index in [4.69, 9.17) is 9.47 Å². The lowest BCUT2D eigenvalue weighted by Crippen LogP contribution is -2.10. The molecule has 6 heteroatoms. The predicted molar refractivity (Wildman–Crippen MR) is 127 cm³/mol. The molecule has 1 aliphatic carbocycles. The highest BCUT2D eigenvalue weighted by Gasteiger charge is 2.61. The van der Waals surface area contributed by atoms with Gasteiger partial charge in [-0.1, -0.05) is 78.3 Å². The molecule has 0 aliphatic heterocycles. The largest absolute Gasteiger partial charge is 0.461 e. The molecule has 3 nitrogen and oxygen atoms in total. The van der Waals surface area contributed by atoms with Gasteiger partial charge in [0, 0.05) is 10.5 Å². The van der Waals surface area contributed by atoms with Crippen molar-refractivity contribution in [1.82, 2.24) is 0 Å². The summed E-state index contributed by atoms with van der Waals surface area (Å²) in [5.41, 5.74) is 1.40. The maximum absolute atomic E-state index is 14.2. The minimum atomic E-state index is -0.589. The van der Waals surface area contributed by atoms with E-state index in [9.17, 15) is 13.6 Å². The third-order valence-electron chi connectivity index (χ3n) is 5.94. The molecule has 0 saturated heterocycles. The average molecular weight is 513 g/mol. The van der Waals surface area contributed by atoms with E-state index in [0.717, 1.165) is 10.0 Å². The van der Waals surface area contributed by atoms with Crippen LogP contribution < -0.4 is 4.74 Å². The Morgan fingerprint density at radius 2 is 1.79 bits per heavy atom. The number of carbonyl (C=O) groups is 1. The molecular weight excluding hydrogens is 490 g/mol. The normalized spacial score (nSPS) is 19.1. The maximum atomic E-state index is 14.2. The number of carbonyl (C=O) groups excluding carboxylic acids is 1. The van der Waals surface area contributed by atoms with E-state index >= 15 is 0 Å². The van der Waals surface area contributed by atoms with Crippen molar-refractivity contribution in [3.63, 3.8) is 0 Å². The van der Waals surface area contributed by atoms with Crippen molar-refractivity contribution in [2.24, 2.45) is 17.3 Å². The molecule has 2 atom stereocenters. The van der Waals surface area contributed by atoms with Gasteiger partial charge in [-0.15, -0.1) is 0 Å². The summed E-state index contributed by atoms with van der Waals surface area (Å²) in [6.07, 6.45) is 2.06. The lowest BCUT2D eigenvalue weighted by atomic mass is 10.1. The van der Waals surface area contributed by atoms with Crippen molar-refractivity contribution in [2.75, 3.05) is 0 Å². The van der Waals surface area contributed by atoms with Crippen LogP contribution in [0.3, 0.4) is 0 Å². The molecule has 0 N–H and O–H groups in total. The number of halogens is 3. The fraction of sp³-hybridized carbons (Fsp3) is 0.222. The van der Waals surface area contributed by atoms with Gasteiger partial charge in [-0.3, -0.25) is 4.79 Å². The zero-order chi connectivity index (χ0) is 23.6. The van der Waals surface area contributed by atoms with E-state index in [1.54, 1.807) is 0 Å². The summed E-state index contributed by atoms with van der Waals surface area (Å²) >= 11 is 3.61. The second kappa shape index (κ2) is 9.48. The monoisotopic (exact) mass is 512 g/mol. The van der Waals surface area contributed by atoms with E-state index in [2.05, 4.69) is 22.0 Å². The minimum Gasteiger partial charge on any atom is -0.461 e. The van der Waals surface area contributed by atoms with Gasteiger partial charge in [0.05, 0.1) is 5.92 Å². The molecule has 1 saturated carbocycles. The molecule has 0 spiro atoms. The van der Waals surface area contributed by atoms with Crippen molar-refractivity contribution >= 4 is 26.4 Å². The van der Waals surface area contributed by atoms with Crippen molar-refractivity contribution in [3.05, 3.63) is 102 Å². The molecule has 0 radical (unpaired) electrons. The Kier molecular flexibility index (Phi) is 6.66. The Morgan fingerprint density at radius 3 is 2.52 bits per heavy atom. The molecule has 3 aromatic carbocycles. The summed E-state index contributed by atoms with van der Waals surface area (Å²) in [5, 5.41) is 0. The topological polar surface area (TPSA) is 35.5 Å². The number of ether oxygens (including phenoxy) is 2. The van der Waals surface area contributed by atoms with Crippen LogP contribution in [0.1, 0.15) is 25.0 Å². The van der Waals surface area contributed by atoms with E-state index in [-0.39, 0.29) is 41.3 Å². The maximum Gasteiger partial charge on any atom is 0.310 e. The Bertz CT molecular complexity index is 1190. The van der Waals surface area contributed by atoms with Crippen LogP contribution in [-0.4, -0.2) is 5.97 Å². The number of benzene rings is 3. The Balaban J connectivity index is 1.40. The second-order valence-corrected chi connectivity index (χ2v) is 9.49. The molecule has 0 heterocycles. The van der Waals surface area contributed by atoms with Crippen LogP contribution in [0.15, 0.2) is 78.9 Å². The fourth-order valence-electron chi connectivity index (χ4n) is 3.91. The number of esters is 1. The number of allylic oxidation sites excluding steroid dienone is 1. The van der Waals surface area contributed by atoms with Gasteiger partial charge >= 0.3 is 5.97 Å². The van der Waals surface area contributed by atoms with Crippen LogP contribution in [0.2, 0.25) is 0 Å². The summed E-state index contributed by atoms with van der Waals surface area (Å²) in [6, 6.07) is 19.6. The molecule has 0 bridgehead atoms. The molecule has 33 heavy (non-hydrogen) atoms. The molecule has 1 fully saturated rings. The number of hydrogen-bond acceptors (Lipinski definition) is 3. The van der Waals surface area contributed by atoms with Crippen LogP contribution >= 0.6 is 15.9 Å². The fourth-order valence-corrected chi connectivity index (χ4v) is 4.46. The van der Waals surface area contributed by atoms with E-state index in [1.165, 1.54) is 42.5 Å². The number of hydrogen-bond donors (Lipinski definition) is 0. The zero-order valence-electron chi connectivity index (χ0n) is 18.2. The molecule has 3 aromatic rings. The minimum absolute atomic E-state index is 0.0124. The van der Waals surface area contributed by atoms with Gasteiger partial charge in [0.15, 0.2) is 11.6 Å². The van der Waals surface area contributed by atoms with Crippen molar-refractivity contribution in [1.29, 1.82) is 0 Å². The standard InChI is InChI=1S/C27H23BrF2O3/c1-27(2)21(15-22(28)18-7-4-3-5-8-18)25(27)26(31)32-16-17-11-12-23(30)24(13-17)33-20-10-6-9-19(29)14-20/h3-15,21,25H,16H2,1-2H3. The molecule has 170 valence electrons. The second-order valence-electron chi connectivity index (χ2n) is 8.64. The Hall–Kier alpha value is -2.99. The van der Waals surface area contributed by atoms with E-state index < -0.39 is 11.6 Å². The highest BCUT2D eigenvalue weighted by Crippen LogP contribution is 2.60. The predicted octanol–water partition coefficient (Wildman–Crippen LogP) is 7.51. The smallest absolute Gasteiger partial charge is 0.310 e. The Labute approximate surface area is 200 Å². The van der Waals surface area contributed by atoms with Gasteiger partial charge in [-0.05, 0) is 46.7 Å². The van der Waals surface area contributed by atoms with E-state index in [1.807, 2.05) is 44.2 Å². The van der Waals surface area contributed by atoms with Crippen molar-refractivity contribution in [3.8, 4) is 11.5 Å². The summed E-state index contributed by atoms with van der Waals surface area (Å²) in [6.45, 7) is 4.06. The summed E-state index contributed by atoms with van der Waals surface area (Å²) in [4.78, 5) is 12.8.